The van der Waals surface area contributed by atoms with Crippen LogP contribution in [0.25, 0.3) is 10.9 Å². The number of aliphatic hydroxyl groups is 1. The van der Waals surface area contributed by atoms with Gasteiger partial charge in [-0.2, -0.15) is 10.1 Å². The smallest absolute Gasteiger partial charge is 0.277 e. The first kappa shape index (κ1) is 23.5. The van der Waals surface area contributed by atoms with Gasteiger partial charge in [0.1, 0.15) is 41.3 Å². The van der Waals surface area contributed by atoms with Gasteiger partial charge in [0.05, 0.1) is 26.0 Å². The Morgan fingerprint density at radius 1 is 1.06 bits per heavy atom. The van der Waals surface area contributed by atoms with Crippen molar-refractivity contribution in [3.63, 3.8) is 0 Å². The zero-order chi connectivity index (χ0) is 24.0. The number of rotatable bonds is 7. The van der Waals surface area contributed by atoms with Gasteiger partial charge >= 0.3 is 0 Å². The highest BCUT2D eigenvalue weighted by atomic mass is 16.6. The lowest BCUT2D eigenvalue weighted by Crippen LogP contribution is -2.40. The predicted molar refractivity (Wildman–Crippen MR) is 130 cm³/mol. The molecule has 5 rings (SSSR count). The van der Waals surface area contributed by atoms with E-state index in [-0.39, 0.29) is 24.4 Å². The minimum Gasteiger partial charge on any atom is -0.491 e. The first-order chi connectivity index (χ1) is 17.2. The van der Waals surface area contributed by atoms with Crippen LogP contribution in [0.5, 0.6) is 5.75 Å². The number of benzene rings is 1. The van der Waals surface area contributed by atoms with Gasteiger partial charge in [-0.3, -0.25) is 4.79 Å². The Hall–Kier alpha value is -3.28. The maximum Gasteiger partial charge on any atom is 0.277 e. The Morgan fingerprint density at radius 2 is 1.80 bits per heavy atom. The van der Waals surface area contributed by atoms with E-state index in [9.17, 15) is 4.79 Å². The van der Waals surface area contributed by atoms with Gasteiger partial charge in [0.2, 0.25) is 5.95 Å². The molecule has 2 aromatic heterocycles. The average molecular weight is 483 g/mol. The quantitative estimate of drug-likeness (QED) is 0.459. The topological polar surface area (TPSA) is 135 Å². The summed E-state index contributed by atoms with van der Waals surface area (Å²) in [6.07, 6.45) is 5.71. The van der Waals surface area contributed by atoms with Gasteiger partial charge in [-0.05, 0) is 37.1 Å². The molecular weight excluding hydrogens is 452 g/mol. The van der Waals surface area contributed by atoms with E-state index in [1.54, 1.807) is 6.20 Å². The van der Waals surface area contributed by atoms with Gasteiger partial charge in [-0.25, -0.2) is 10.1 Å². The molecule has 2 atom stereocenters. The monoisotopic (exact) mass is 482 g/mol. The van der Waals surface area contributed by atoms with Gasteiger partial charge in [0.15, 0.2) is 0 Å². The fourth-order valence-electron chi connectivity index (χ4n) is 4.24. The lowest BCUT2D eigenvalue weighted by molar-refractivity contribution is -0.152. The minimum atomic E-state index is -0.342. The SMILES string of the molecule is O=c1[nH]ncc2nc(N3CCCCCC3)nc(Nc3ccc(OCC4COC(CO)CO4)cc3)c12. The van der Waals surface area contributed by atoms with E-state index in [4.69, 9.17) is 24.3 Å². The molecule has 0 aliphatic carbocycles. The number of nitrogens with one attached hydrogen (secondary N) is 2. The van der Waals surface area contributed by atoms with Crippen molar-refractivity contribution in [1.29, 1.82) is 0 Å². The van der Waals surface area contributed by atoms with E-state index in [0.717, 1.165) is 31.6 Å². The molecule has 3 N–H and O–H groups in total. The number of fused-ring (bicyclic) bond motifs is 1. The van der Waals surface area contributed by atoms with Crippen molar-refractivity contribution in [1.82, 2.24) is 20.2 Å². The van der Waals surface area contributed by atoms with E-state index in [1.807, 2.05) is 24.3 Å². The van der Waals surface area contributed by atoms with Gasteiger partial charge in [0, 0.05) is 18.8 Å². The maximum atomic E-state index is 12.6. The molecule has 0 radical (unpaired) electrons. The fraction of sp³-hybridized carbons (Fsp3) is 0.500. The molecule has 2 unspecified atom stereocenters. The number of aliphatic hydroxyl groups excluding tert-OH is 1. The van der Waals surface area contributed by atoms with Crippen LogP contribution >= 0.6 is 0 Å². The summed E-state index contributed by atoms with van der Waals surface area (Å²) in [6.45, 7) is 2.82. The summed E-state index contributed by atoms with van der Waals surface area (Å²) in [5.41, 5.74) is 0.924. The molecule has 2 fully saturated rings. The molecule has 0 amide bonds. The van der Waals surface area contributed by atoms with Crippen molar-refractivity contribution in [2.45, 2.75) is 37.9 Å². The first-order valence-corrected chi connectivity index (χ1v) is 12.0. The Kier molecular flexibility index (Phi) is 7.36. The summed E-state index contributed by atoms with van der Waals surface area (Å²) in [4.78, 5) is 24.1. The molecule has 0 spiro atoms. The second-order valence-electron chi connectivity index (χ2n) is 8.79. The summed E-state index contributed by atoms with van der Waals surface area (Å²) in [7, 11) is 0. The summed E-state index contributed by atoms with van der Waals surface area (Å²) >= 11 is 0. The highest BCUT2D eigenvalue weighted by Gasteiger charge is 2.22. The predicted octanol–water partition coefficient (Wildman–Crippen LogP) is 1.99. The van der Waals surface area contributed by atoms with Crippen LogP contribution in [0.4, 0.5) is 17.5 Å². The van der Waals surface area contributed by atoms with E-state index in [2.05, 4.69) is 25.4 Å². The lowest BCUT2D eigenvalue weighted by Gasteiger charge is -2.28. The molecular formula is C24H30N6O5. The number of nitrogens with zero attached hydrogens (tertiary/aromatic N) is 4. The molecule has 0 bridgehead atoms. The van der Waals surface area contributed by atoms with Crippen LogP contribution in [0.3, 0.4) is 0 Å². The van der Waals surface area contributed by atoms with Crippen LogP contribution in [0.2, 0.25) is 0 Å². The van der Waals surface area contributed by atoms with Crippen molar-refractivity contribution in [3.05, 3.63) is 40.8 Å². The molecule has 1 aromatic carbocycles. The van der Waals surface area contributed by atoms with E-state index < -0.39 is 0 Å². The van der Waals surface area contributed by atoms with Gasteiger partial charge in [0.25, 0.3) is 5.56 Å². The molecule has 3 aromatic rings. The molecule has 35 heavy (non-hydrogen) atoms. The largest absolute Gasteiger partial charge is 0.491 e. The summed E-state index contributed by atoms with van der Waals surface area (Å²) in [5, 5.41) is 19.2. The molecule has 4 heterocycles. The van der Waals surface area contributed by atoms with Crippen LogP contribution in [0.15, 0.2) is 35.3 Å². The third-order valence-corrected chi connectivity index (χ3v) is 6.19. The normalized spacial score (nSPS) is 21.0. The number of hydrogen-bond acceptors (Lipinski definition) is 10. The van der Waals surface area contributed by atoms with Gasteiger partial charge < -0.3 is 29.5 Å². The molecule has 0 saturated carbocycles. The number of hydrogen-bond donors (Lipinski definition) is 3. The second kappa shape index (κ2) is 11.0. The van der Waals surface area contributed by atoms with Crippen molar-refractivity contribution in [2.24, 2.45) is 0 Å². The molecule has 2 saturated heterocycles. The van der Waals surface area contributed by atoms with Crippen LogP contribution in [0, 0.1) is 0 Å². The van der Waals surface area contributed by atoms with Gasteiger partial charge in [-0.15, -0.1) is 0 Å². The third-order valence-electron chi connectivity index (χ3n) is 6.19. The Morgan fingerprint density at radius 3 is 2.51 bits per heavy atom. The van der Waals surface area contributed by atoms with E-state index >= 15 is 0 Å². The molecule has 11 heteroatoms. The minimum absolute atomic E-state index is 0.0500. The van der Waals surface area contributed by atoms with Crippen molar-refractivity contribution >= 4 is 28.4 Å². The van der Waals surface area contributed by atoms with Crippen LogP contribution in [0.1, 0.15) is 25.7 Å². The summed E-state index contributed by atoms with van der Waals surface area (Å²) in [6, 6.07) is 7.41. The van der Waals surface area contributed by atoms with Gasteiger partial charge in [-0.1, -0.05) is 12.8 Å². The molecule has 186 valence electrons. The Bertz CT molecular complexity index is 1170. The average Bonchev–Trinajstić information content (AvgIpc) is 3.18. The lowest BCUT2D eigenvalue weighted by atomic mass is 10.2. The Balaban J connectivity index is 1.30. The molecule has 2 aliphatic rings. The first-order valence-electron chi connectivity index (χ1n) is 12.0. The zero-order valence-corrected chi connectivity index (χ0v) is 19.5. The highest BCUT2D eigenvalue weighted by molar-refractivity contribution is 5.90. The fourth-order valence-corrected chi connectivity index (χ4v) is 4.24. The summed E-state index contributed by atoms with van der Waals surface area (Å²) in [5.74, 6) is 1.73. The number of aromatic amines is 1. The highest BCUT2D eigenvalue weighted by Crippen LogP contribution is 2.26. The number of ether oxygens (including phenoxy) is 3. The summed E-state index contributed by atoms with van der Waals surface area (Å²) < 4.78 is 17.0. The Labute approximate surface area is 202 Å². The maximum absolute atomic E-state index is 12.6. The standard InChI is InChI=1S/C24H30N6O5/c31-12-18-13-35-19(15-34-18)14-33-17-7-5-16(6-8-17)26-22-21-20(11-25-29-23(21)32)27-24(28-22)30-9-3-1-2-4-10-30/h5-8,11,18-19,31H,1-4,9-10,12-15H2,(H,29,32)(H,26,27,28). The number of aromatic nitrogens is 4. The van der Waals surface area contributed by atoms with Crippen LogP contribution in [-0.4, -0.2) is 77.0 Å². The van der Waals surface area contributed by atoms with Crippen molar-refractivity contribution in [2.75, 3.05) is 49.7 Å². The number of H-pyrrole nitrogens is 1. The van der Waals surface area contributed by atoms with Crippen molar-refractivity contribution in [3.8, 4) is 5.75 Å². The number of anilines is 3. The molecule has 2 aliphatic heterocycles. The van der Waals surface area contributed by atoms with Crippen LogP contribution < -0.4 is 20.5 Å². The van der Waals surface area contributed by atoms with Crippen molar-refractivity contribution < 1.29 is 19.3 Å². The molecule has 11 nitrogen and oxygen atoms in total. The van der Waals surface area contributed by atoms with E-state index in [1.165, 1.54) is 12.8 Å². The van der Waals surface area contributed by atoms with E-state index in [0.29, 0.717) is 48.2 Å². The third kappa shape index (κ3) is 5.69. The zero-order valence-electron chi connectivity index (χ0n) is 19.5. The second-order valence-corrected chi connectivity index (χ2v) is 8.79. The van der Waals surface area contributed by atoms with Crippen LogP contribution in [-0.2, 0) is 9.47 Å².